The highest BCUT2D eigenvalue weighted by Gasteiger charge is 2.27. The van der Waals surface area contributed by atoms with Gasteiger partial charge in [0.1, 0.15) is 5.82 Å². The smallest absolute Gasteiger partial charge is 0.171 e. The van der Waals surface area contributed by atoms with Crippen molar-refractivity contribution in [2.75, 3.05) is 0 Å². The van der Waals surface area contributed by atoms with E-state index in [0.717, 1.165) is 17.7 Å². The van der Waals surface area contributed by atoms with Gasteiger partial charge < -0.3 is 0 Å². The summed E-state index contributed by atoms with van der Waals surface area (Å²) in [6, 6.07) is 14.1. The Kier molecular flexibility index (Phi) is 3.65. The van der Waals surface area contributed by atoms with Crippen LogP contribution in [-0.2, 0) is 6.42 Å². The summed E-state index contributed by atoms with van der Waals surface area (Å²) in [6.45, 7) is 4.10. The third-order valence-corrected chi connectivity index (χ3v) is 3.89. The molecular weight excluding hydrogens is 277 g/mol. The molecule has 0 bridgehead atoms. The fourth-order valence-corrected chi connectivity index (χ4v) is 2.96. The van der Waals surface area contributed by atoms with Gasteiger partial charge >= 0.3 is 0 Å². The van der Waals surface area contributed by atoms with Gasteiger partial charge in [0.05, 0.1) is 23.2 Å². The Hall–Kier alpha value is -2.29. The average Bonchev–Trinajstić information content (AvgIpc) is 2.46. The van der Waals surface area contributed by atoms with Crippen molar-refractivity contribution >= 4 is 11.5 Å². The van der Waals surface area contributed by atoms with E-state index in [4.69, 9.17) is 4.99 Å². The maximum atomic E-state index is 13.8. The summed E-state index contributed by atoms with van der Waals surface area (Å²) in [5, 5.41) is 0. The molecule has 0 aliphatic carbocycles. The number of carbonyl (C=O) groups is 1. The van der Waals surface area contributed by atoms with Crippen molar-refractivity contribution in [1.29, 1.82) is 0 Å². The van der Waals surface area contributed by atoms with Crippen LogP contribution in [-0.4, -0.2) is 17.0 Å². The van der Waals surface area contributed by atoms with Crippen LogP contribution in [0.3, 0.4) is 0 Å². The third-order valence-electron chi connectivity index (χ3n) is 3.89. The summed E-state index contributed by atoms with van der Waals surface area (Å²) in [4.78, 5) is 17.2. The standard InChI is InChI=1S/C19H18FNO/c1-19(2)12-13-7-3-4-8-14(13)17(21-19)11-18(22)15-9-5-6-10-16(15)20/h3-10H,11-12H2,1-2H3. The van der Waals surface area contributed by atoms with E-state index in [1.165, 1.54) is 17.7 Å². The Morgan fingerprint density at radius 3 is 2.59 bits per heavy atom. The van der Waals surface area contributed by atoms with Gasteiger partial charge in [-0.15, -0.1) is 0 Å². The maximum absolute atomic E-state index is 13.8. The van der Waals surface area contributed by atoms with Gasteiger partial charge in [-0.1, -0.05) is 36.4 Å². The number of hydrogen-bond acceptors (Lipinski definition) is 2. The van der Waals surface area contributed by atoms with Crippen LogP contribution < -0.4 is 0 Å². The molecule has 0 saturated heterocycles. The molecular formula is C19H18FNO. The highest BCUT2D eigenvalue weighted by molar-refractivity contribution is 6.16. The number of halogens is 1. The lowest BCUT2D eigenvalue weighted by Crippen LogP contribution is -2.30. The van der Waals surface area contributed by atoms with Crippen LogP contribution >= 0.6 is 0 Å². The Morgan fingerprint density at radius 2 is 1.82 bits per heavy atom. The fourth-order valence-electron chi connectivity index (χ4n) is 2.96. The molecule has 1 aliphatic rings. The monoisotopic (exact) mass is 295 g/mol. The van der Waals surface area contributed by atoms with Crippen LogP contribution in [0.5, 0.6) is 0 Å². The second kappa shape index (κ2) is 5.48. The van der Waals surface area contributed by atoms with E-state index in [1.54, 1.807) is 12.1 Å². The summed E-state index contributed by atoms with van der Waals surface area (Å²) in [7, 11) is 0. The van der Waals surface area contributed by atoms with Crippen molar-refractivity contribution in [3.05, 3.63) is 71.0 Å². The molecule has 0 spiro atoms. The van der Waals surface area contributed by atoms with Crippen molar-refractivity contribution < 1.29 is 9.18 Å². The minimum absolute atomic E-state index is 0.126. The van der Waals surface area contributed by atoms with Gasteiger partial charge in [0, 0.05) is 0 Å². The van der Waals surface area contributed by atoms with Crippen molar-refractivity contribution in [2.24, 2.45) is 4.99 Å². The van der Waals surface area contributed by atoms with Crippen molar-refractivity contribution in [3.63, 3.8) is 0 Å². The van der Waals surface area contributed by atoms with Crippen LogP contribution in [0.2, 0.25) is 0 Å². The third kappa shape index (κ3) is 2.84. The SMILES string of the molecule is CC1(C)Cc2ccccc2C(CC(=O)c2ccccc2F)=N1. The second-order valence-corrected chi connectivity index (χ2v) is 6.28. The molecule has 0 radical (unpaired) electrons. The predicted molar refractivity (Wildman–Crippen MR) is 86.1 cm³/mol. The van der Waals surface area contributed by atoms with E-state index >= 15 is 0 Å². The molecule has 1 aliphatic heterocycles. The Balaban J connectivity index is 1.95. The lowest BCUT2D eigenvalue weighted by Gasteiger charge is -2.29. The van der Waals surface area contributed by atoms with Gasteiger partial charge in [-0.25, -0.2) is 4.39 Å². The molecule has 22 heavy (non-hydrogen) atoms. The molecule has 0 N–H and O–H groups in total. The number of aliphatic imine (C=N–C) groups is 1. The first-order valence-corrected chi connectivity index (χ1v) is 7.41. The molecule has 0 aromatic heterocycles. The molecule has 0 saturated carbocycles. The zero-order valence-electron chi connectivity index (χ0n) is 12.8. The van der Waals surface area contributed by atoms with Crippen molar-refractivity contribution in [1.82, 2.24) is 0 Å². The number of Topliss-reactive ketones (excluding diaryl/α,β-unsaturated/α-hetero) is 1. The number of ketones is 1. The van der Waals surface area contributed by atoms with Gasteiger partial charge in [-0.2, -0.15) is 0 Å². The summed E-state index contributed by atoms with van der Waals surface area (Å²) in [6.07, 6.45) is 0.974. The van der Waals surface area contributed by atoms with Crippen molar-refractivity contribution in [2.45, 2.75) is 32.2 Å². The fraction of sp³-hybridized carbons (Fsp3) is 0.263. The highest BCUT2D eigenvalue weighted by atomic mass is 19.1. The van der Waals surface area contributed by atoms with Gasteiger partial charge in [0.2, 0.25) is 0 Å². The Labute approximate surface area is 129 Å². The first-order valence-electron chi connectivity index (χ1n) is 7.41. The van der Waals surface area contributed by atoms with Gasteiger partial charge in [-0.3, -0.25) is 9.79 Å². The molecule has 1 heterocycles. The quantitative estimate of drug-likeness (QED) is 0.779. The van der Waals surface area contributed by atoms with Crippen LogP contribution in [0.15, 0.2) is 53.5 Å². The molecule has 2 aromatic rings. The largest absolute Gasteiger partial charge is 0.294 e. The van der Waals surface area contributed by atoms with E-state index in [1.807, 2.05) is 18.2 Å². The second-order valence-electron chi connectivity index (χ2n) is 6.28. The molecule has 112 valence electrons. The lowest BCUT2D eigenvalue weighted by atomic mass is 9.85. The Morgan fingerprint density at radius 1 is 1.14 bits per heavy atom. The number of nitrogens with zero attached hydrogens (tertiary/aromatic N) is 1. The summed E-state index contributed by atoms with van der Waals surface area (Å²) >= 11 is 0. The maximum Gasteiger partial charge on any atom is 0.171 e. The minimum Gasteiger partial charge on any atom is -0.294 e. The highest BCUT2D eigenvalue weighted by Crippen LogP contribution is 2.28. The van der Waals surface area contributed by atoms with Gasteiger partial charge in [0.15, 0.2) is 5.78 Å². The van der Waals surface area contributed by atoms with E-state index in [9.17, 15) is 9.18 Å². The summed E-state index contributed by atoms with van der Waals surface area (Å²) in [5.41, 5.74) is 2.84. The number of carbonyl (C=O) groups excluding carboxylic acids is 1. The number of fused-ring (bicyclic) bond motifs is 1. The van der Waals surface area contributed by atoms with Crippen LogP contribution in [0.4, 0.5) is 4.39 Å². The topological polar surface area (TPSA) is 29.4 Å². The summed E-state index contributed by atoms with van der Waals surface area (Å²) in [5.74, 6) is -0.708. The molecule has 0 fully saturated rings. The predicted octanol–water partition coefficient (Wildman–Crippen LogP) is 4.22. The Bertz CT molecular complexity index is 762. The number of rotatable bonds is 3. The molecule has 3 heteroatoms. The van der Waals surface area contributed by atoms with Crippen LogP contribution in [0.25, 0.3) is 0 Å². The first kappa shape index (κ1) is 14.6. The zero-order valence-corrected chi connectivity index (χ0v) is 12.8. The lowest BCUT2D eigenvalue weighted by molar-refractivity contribution is 0.0996. The molecule has 3 rings (SSSR count). The van der Waals surface area contributed by atoms with Crippen LogP contribution in [0.1, 0.15) is 41.8 Å². The van der Waals surface area contributed by atoms with E-state index in [-0.39, 0.29) is 23.3 Å². The normalized spacial score (nSPS) is 15.9. The number of benzene rings is 2. The molecule has 2 aromatic carbocycles. The van der Waals surface area contributed by atoms with Gasteiger partial charge in [0.25, 0.3) is 0 Å². The van der Waals surface area contributed by atoms with Crippen molar-refractivity contribution in [3.8, 4) is 0 Å². The minimum atomic E-state index is -0.476. The molecule has 2 nitrogen and oxygen atoms in total. The molecule has 0 atom stereocenters. The molecule has 0 unspecified atom stereocenters. The zero-order chi connectivity index (χ0) is 15.7. The van der Waals surface area contributed by atoms with E-state index in [2.05, 4.69) is 19.9 Å². The van der Waals surface area contributed by atoms with E-state index in [0.29, 0.717) is 0 Å². The number of hydrogen-bond donors (Lipinski definition) is 0. The van der Waals surface area contributed by atoms with Gasteiger partial charge in [-0.05, 0) is 43.5 Å². The summed E-state index contributed by atoms with van der Waals surface area (Å²) < 4.78 is 13.8. The molecule has 0 amide bonds. The van der Waals surface area contributed by atoms with E-state index < -0.39 is 5.82 Å². The van der Waals surface area contributed by atoms with Crippen LogP contribution in [0, 0.1) is 5.82 Å². The first-order chi connectivity index (χ1) is 10.5. The average molecular weight is 295 g/mol.